The lowest BCUT2D eigenvalue weighted by Crippen LogP contribution is -2.46. The average molecular weight is 741 g/mol. The molecule has 4 aromatic rings. The zero-order chi connectivity index (χ0) is 36.0. The summed E-state index contributed by atoms with van der Waals surface area (Å²) in [5.74, 6) is -0.962. The van der Waals surface area contributed by atoms with E-state index >= 15 is 0 Å². The molecule has 0 fully saturated rings. The van der Waals surface area contributed by atoms with E-state index in [0.29, 0.717) is 41.5 Å². The minimum Gasteiger partial charge on any atom is -0.394 e. The second kappa shape index (κ2) is 16.4. The van der Waals surface area contributed by atoms with Gasteiger partial charge in [-0.1, -0.05) is 80.2 Å². The fraction of sp³-hybridized carbons (Fsp3) is 0.378. The second-order valence-corrected chi connectivity index (χ2v) is 15.2. The van der Waals surface area contributed by atoms with Crippen molar-refractivity contribution in [1.29, 1.82) is 0 Å². The first kappa shape index (κ1) is 37.4. The van der Waals surface area contributed by atoms with Gasteiger partial charge in [0.05, 0.1) is 39.7 Å². The highest BCUT2D eigenvalue weighted by molar-refractivity contribution is 7.91. The van der Waals surface area contributed by atoms with E-state index in [1.807, 2.05) is 36.1 Å². The lowest BCUT2D eigenvalue weighted by atomic mass is 9.93. The molecule has 50 heavy (non-hydrogen) atoms. The molecule has 3 aromatic carbocycles. The van der Waals surface area contributed by atoms with E-state index in [0.717, 1.165) is 36.8 Å². The molecular weight excluding hydrogens is 697 g/mol. The summed E-state index contributed by atoms with van der Waals surface area (Å²) in [5.41, 5.74) is 4.06. The number of fused-ring (bicyclic) bond motifs is 1. The number of hydrogen-bond donors (Lipinski definition) is 2. The summed E-state index contributed by atoms with van der Waals surface area (Å²) in [4.78, 5) is 31.7. The molecule has 1 aliphatic heterocycles. The number of benzene rings is 3. The number of amides is 2. The molecule has 1 atom stereocenters. The Bertz CT molecular complexity index is 1960. The Morgan fingerprint density at radius 3 is 2.32 bits per heavy atom. The molecule has 0 spiro atoms. The van der Waals surface area contributed by atoms with Crippen LogP contribution in [0.1, 0.15) is 82.8 Å². The van der Waals surface area contributed by atoms with Gasteiger partial charge in [-0.05, 0) is 79.3 Å². The average Bonchev–Trinajstić information content (AvgIpc) is 3.49. The van der Waals surface area contributed by atoms with Gasteiger partial charge in [0.2, 0.25) is 10.0 Å². The lowest BCUT2D eigenvalue weighted by molar-refractivity contribution is 0.0544. The number of nitrogens with zero attached hydrogens (tertiary/aromatic N) is 4. The Balaban J connectivity index is 1.54. The van der Waals surface area contributed by atoms with Crippen molar-refractivity contribution in [3.8, 4) is 5.69 Å². The predicted molar refractivity (Wildman–Crippen MR) is 198 cm³/mol. The van der Waals surface area contributed by atoms with Crippen LogP contribution in [0, 0.1) is 6.92 Å². The monoisotopic (exact) mass is 739 g/mol. The smallest absolute Gasteiger partial charge is 0.274 e. The van der Waals surface area contributed by atoms with E-state index in [1.165, 1.54) is 18.2 Å². The van der Waals surface area contributed by atoms with Gasteiger partial charge in [-0.25, -0.2) is 13.1 Å². The Morgan fingerprint density at radius 2 is 1.66 bits per heavy atom. The minimum absolute atomic E-state index is 0.164. The van der Waals surface area contributed by atoms with Gasteiger partial charge in [0.1, 0.15) is 0 Å². The van der Waals surface area contributed by atoms with Crippen LogP contribution in [0.25, 0.3) is 5.69 Å². The van der Waals surface area contributed by atoms with Crippen LogP contribution in [-0.2, 0) is 28.7 Å². The molecule has 2 amide bonds. The number of carbonyl (C=O) groups is 2. The van der Waals surface area contributed by atoms with Crippen molar-refractivity contribution in [2.24, 2.45) is 0 Å². The Hall–Kier alpha value is -3.90. The van der Waals surface area contributed by atoms with Crippen molar-refractivity contribution in [3.63, 3.8) is 0 Å². The van der Waals surface area contributed by atoms with Crippen LogP contribution in [0.15, 0.2) is 66.7 Å². The van der Waals surface area contributed by atoms with Crippen molar-refractivity contribution in [3.05, 3.63) is 110 Å². The van der Waals surface area contributed by atoms with Crippen molar-refractivity contribution in [2.75, 3.05) is 24.4 Å². The molecule has 10 nitrogen and oxygen atoms in total. The molecule has 5 rings (SSSR count). The normalized spacial score (nSPS) is 14.4. The van der Waals surface area contributed by atoms with Gasteiger partial charge in [0, 0.05) is 31.0 Å². The summed E-state index contributed by atoms with van der Waals surface area (Å²) in [6.45, 7) is 7.23. The van der Waals surface area contributed by atoms with Gasteiger partial charge < -0.3 is 14.9 Å². The second-order valence-electron chi connectivity index (χ2n) is 12.7. The van der Waals surface area contributed by atoms with E-state index < -0.39 is 22.0 Å². The number of sulfonamides is 1. The van der Waals surface area contributed by atoms with E-state index in [1.54, 1.807) is 33.8 Å². The molecule has 13 heteroatoms. The van der Waals surface area contributed by atoms with Gasteiger partial charge in [-0.3, -0.25) is 14.3 Å². The molecule has 2 N–H and O–H groups in total. The summed E-state index contributed by atoms with van der Waals surface area (Å²) in [6, 6.07) is 18.3. The number of aromatic nitrogens is 2. The third kappa shape index (κ3) is 8.69. The summed E-state index contributed by atoms with van der Waals surface area (Å²) in [7, 11) is -3.95. The number of aryl methyl sites for hydroxylation is 1. The first-order valence-corrected chi connectivity index (χ1v) is 19.3. The Labute approximate surface area is 304 Å². The molecule has 266 valence electrons. The van der Waals surface area contributed by atoms with Crippen LogP contribution in [0.2, 0.25) is 10.0 Å². The van der Waals surface area contributed by atoms with Crippen LogP contribution in [-0.4, -0.2) is 70.7 Å². The van der Waals surface area contributed by atoms with E-state index in [2.05, 4.69) is 18.6 Å². The number of carbonyl (C=O) groups excluding carboxylic acids is 2. The number of aliphatic hydroxyl groups excluding tert-OH is 1. The van der Waals surface area contributed by atoms with Gasteiger partial charge in [0.15, 0.2) is 5.69 Å². The molecule has 2 heterocycles. The zero-order valence-corrected chi connectivity index (χ0v) is 30.9. The highest BCUT2D eigenvalue weighted by Crippen LogP contribution is 2.30. The fourth-order valence-electron chi connectivity index (χ4n) is 6.16. The maximum absolute atomic E-state index is 14.5. The summed E-state index contributed by atoms with van der Waals surface area (Å²) >= 11 is 12.1. The van der Waals surface area contributed by atoms with Crippen LogP contribution in [0.3, 0.4) is 0 Å². The summed E-state index contributed by atoms with van der Waals surface area (Å²) in [6.07, 6.45) is 4.12. The molecule has 0 bridgehead atoms. The Kier molecular flexibility index (Phi) is 12.3. The first-order valence-electron chi connectivity index (χ1n) is 16.9. The lowest BCUT2D eigenvalue weighted by Gasteiger charge is -2.36. The standard InChI is InChI=1S/C37H43Cl2N5O5S/c1-4-6-16-42(17-7-5-2)37(47)34-18-25(3)44(40-34)35-15-13-29(41-50(48,49)24-26-12-14-32(38)33(39)19-26)21-31(35)36(46)43-22-28-11-9-8-10-27(28)20-30(43)23-45/h8-15,18-19,21,30,41,45H,4-7,16-17,20,22-24H2,1-3H3/t30-/m0/s1. The minimum atomic E-state index is -3.95. The molecule has 0 saturated carbocycles. The largest absolute Gasteiger partial charge is 0.394 e. The number of hydrogen-bond acceptors (Lipinski definition) is 6. The van der Waals surface area contributed by atoms with Crippen LogP contribution < -0.4 is 4.72 Å². The molecule has 0 aliphatic carbocycles. The Morgan fingerprint density at radius 1 is 0.960 bits per heavy atom. The number of halogens is 2. The number of rotatable bonds is 14. The maximum Gasteiger partial charge on any atom is 0.274 e. The van der Waals surface area contributed by atoms with Gasteiger partial charge in [0.25, 0.3) is 11.8 Å². The molecule has 1 aromatic heterocycles. The van der Waals surface area contributed by atoms with Gasteiger partial charge >= 0.3 is 0 Å². The van der Waals surface area contributed by atoms with E-state index in [9.17, 15) is 23.1 Å². The van der Waals surface area contributed by atoms with Gasteiger partial charge in [-0.2, -0.15) is 5.10 Å². The molecule has 0 saturated heterocycles. The fourth-order valence-corrected chi connectivity index (χ4v) is 7.66. The SMILES string of the molecule is CCCCN(CCCC)C(=O)c1cc(C)n(-c2ccc(NS(=O)(=O)Cc3ccc(Cl)c(Cl)c3)cc2C(=O)N2Cc3ccccc3C[C@H]2CO)n1. The van der Waals surface area contributed by atoms with Crippen molar-refractivity contribution in [2.45, 2.75) is 71.2 Å². The molecular formula is C37H43Cl2N5O5S. The predicted octanol–water partition coefficient (Wildman–Crippen LogP) is 7.03. The number of anilines is 1. The van der Waals surface area contributed by atoms with Gasteiger partial charge in [-0.15, -0.1) is 0 Å². The van der Waals surface area contributed by atoms with Crippen LogP contribution in [0.4, 0.5) is 5.69 Å². The molecule has 1 aliphatic rings. The highest BCUT2D eigenvalue weighted by Gasteiger charge is 2.32. The number of nitrogens with one attached hydrogen (secondary N) is 1. The zero-order valence-electron chi connectivity index (χ0n) is 28.5. The summed E-state index contributed by atoms with van der Waals surface area (Å²) in [5, 5.41) is 15.6. The third-order valence-corrected chi connectivity index (χ3v) is 10.9. The van der Waals surface area contributed by atoms with Crippen molar-refractivity contribution >= 4 is 50.7 Å². The molecule has 0 radical (unpaired) electrons. The first-order chi connectivity index (χ1) is 23.9. The van der Waals surface area contributed by atoms with Crippen molar-refractivity contribution < 1.29 is 23.1 Å². The maximum atomic E-state index is 14.5. The van der Waals surface area contributed by atoms with E-state index in [4.69, 9.17) is 28.3 Å². The number of aliphatic hydroxyl groups is 1. The summed E-state index contributed by atoms with van der Waals surface area (Å²) < 4.78 is 30.8. The number of unbranched alkanes of at least 4 members (excludes halogenated alkanes) is 2. The topological polar surface area (TPSA) is 125 Å². The quantitative estimate of drug-likeness (QED) is 0.143. The third-order valence-electron chi connectivity index (χ3n) is 8.85. The highest BCUT2D eigenvalue weighted by atomic mass is 35.5. The van der Waals surface area contributed by atoms with Crippen LogP contribution in [0.5, 0.6) is 0 Å². The van der Waals surface area contributed by atoms with E-state index in [-0.39, 0.29) is 46.8 Å². The van der Waals surface area contributed by atoms with Crippen molar-refractivity contribution in [1.82, 2.24) is 19.6 Å². The molecule has 0 unspecified atom stereocenters. The van der Waals surface area contributed by atoms with Crippen LogP contribution >= 0.6 is 23.2 Å².